The van der Waals surface area contributed by atoms with Gasteiger partial charge in [0, 0.05) is 17.8 Å². The summed E-state index contributed by atoms with van der Waals surface area (Å²) in [6.07, 6.45) is 1.34. The number of ether oxygens (including phenoxy) is 3. The van der Waals surface area contributed by atoms with E-state index in [0.29, 0.717) is 35.4 Å². The van der Waals surface area contributed by atoms with E-state index in [1.54, 1.807) is 49.6 Å². The molecule has 2 aromatic carbocycles. The van der Waals surface area contributed by atoms with E-state index in [2.05, 4.69) is 10.6 Å². The highest BCUT2D eigenvalue weighted by Crippen LogP contribution is 2.27. The topological polar surface area (TPSA) is 92.6 Å². The molecular formula is C20H20ClN3O4. The highest BCUT2D eigenvalue weighted by molar-refractivity contribution is 6.31. The van der Waals surface area contributed by atoms with Crippen LogP contribution in [0, 0.1) is 11.3 Å². The molecule has 0 aliphatic carbocycles. The van der Waals surface area contributed by atoms with E-state index in [1.807, 2.05) is 6.07 Å². The second kappa shape index (κ2) is 10.7. The Morgan fingerprint density at radius 3 is 2.50 bits per heavy atom. The summed E-state index contributed by atoms with van der Waals surface area (Å²) >= 11 is 5.94. The van der Waals surface area contributed by atoms with Crippen molar-refractivity contribution in [2.24, 2.45) is 0 Å². The molecule has 0 aliphatic rings. The van der Waals surface area contributed by atoms with E-state index in [1.165, 1.54) is 13.3 Å². The summed E-state index contributed by atoms with van der Waals surface area (Å²) in [6.45, 7) is 0.760. The van der Waals surface area contributed by atoms with E-state index in [4.69, 9.17) is 25.8 Å². The highest BCUT2D eigenvalue weighted by Gasteiger charge is 2.12. The van der Waals surface area contributed by atoms with Gasteiger partial charge >= 0.3 is 0 Å². The van der Waals surface area contributed by atoms with Gasteiger partial charge in [0.1, 0.15) is 35.5 Å². The summed E-state index contributed by atoms with van der Waals surface area (Å²) in [5.41, 5.74) is 0.287. The van der Waals surface area contributed by atoms with Gasteiger partial charge in [-0.1, -0.05) is 11.6 Å². The monoisotopic (exact) mass is 401 g/mol. The normalized spacial score (nSPS) is 10.6. The Morgan fingerprint density at radius 2 is 1.86 bits per heavy atom. The van der Waals surface area contributed by atoms with Gasteiger partial charge in [0.05, 0.1) is 19.9 Å². The van der Waals surface area contributed by atoms with Crippen LogP contribution in [0.5, 0.6) is 17.2 Å². The Bertz CT molecular complexity index is 876. The molecule has 0 fully saturated rings. The van der Waals surface area contributed by atoms with Gasteiger partial charge in [0.25, 0.3) is 5.91 Å². The van der Waals surface area contributed by atoms with Gasteiger partial charge in [-0.25, -0.2) is 0 Å². The van der Waals surface area contributed by atoms with Crippen LogP contribution in [0.4, 0.5) is 5.69 Å². The van der Waals surface area contributed by atoms with Crippen LogP contribution in [0.1, 0.15) is 0 Å². The number of carbonyl (C=O) groups excluding carboxylic acids is 1. The molecule has 8 heteroatoms. The Balaban J connectivity index is 1.86. The fraction of sp³-hybridized carbons (Fsp3) is 0.200. The predicted octanol–water partition coefficient (Wildman–Crippen LogP) is 3.37. The number of benzene rings is 2. The number of carbonyl (C=O) groups is 1. The molecule has 0 atom stereocenters. The summed E-state index contributed by atoms with van der Waals surface area (Å²) in [7, 11) is 3.07. The van der Waals surface area contributed by atoms with Gasteiger partial charge in [-0.15, -0.1) is 0 Å². The van der Waals surface area contributed by atoms with Gasteiger partial charge in [-0.05, 0) is 42.5 Å². The smallest absolute Gasteiger partial charge is 0.267 e. The lowest BCUT2D eigenvalue weighted by molar-refractivity contribution is -0.112. The van der Waals surface area contributed by atoms with Gasteiger partial charge < -0.3 is 24.8 Å². The van der Waals surface area contributed by atoms with Crippen molar-refractivity contribution >= 4 is 23.2 Å². The van der Waals surface area contributed by atoms with Crippen molar-refractivity contribution in [3.8, 4) is 23.3 Å². The second-order valence-corrected chi connectivity index (χ2v) is 5.88. The molecule has 0 spiro atoms. The van der Waals surface area contributed by atoms with Crippen LogP contribution >= 0.6 is 11.6 Å². The van der Waals surface area contributed by atoms with Crippen molar-refractivity contribution in [1.29, 1.82) is 5.26 Å². The number of amides is 1. The van der Waals surface area contributed by atoms with E-state index >= 15 is 0 Å². The fourth-order valence-corrected chi connectivity index (χ4v) is 2.36. The average molecular weight is 402 g/mol. The van der Waals surface area contributed by atoms with E-state index < -0.39 is 5.91 Å². The van der Waals surface area contributed by atoms with Crippen molar-refractivity contribution in [3.63, 3.8) is 0 Å². The third kappa shape index (κ3) is 6.11. The number of rotatable bonds is 9. The minimum atomic E-state index is -0.577. The highest BCUT2D eigenvalue weighted by atomic mass is 35.5. The Labute approximate surface area is 168 Å². The number of nitrogens with zero attached hydrogens (tertiary/aromatic N) is 1. The van der Waals surface area contributed by atoms with Gasteiger partial charge in [-0.2, -0.15) is 5.26 Å². The van der Waals surface area contributed by atoms with Gasteiger partial charge in [0.2, 0.25) is 0 Å². The molecule has 0 radical (unpaired) electrons. The third-order valence-electron chi connectivity index (χ3n) is 3.60. The van der Waals surface area contributed by atoms with E-state index in [-0.39, 0.29) is 5.57 Å². The summed E-state index contributed by atoms with van der Waals surface area (Å²) in [5, 5.41) is 15.1. The van der Waals surface area contributed by atoms with E-state index in [0.717, 1.165) is 5.75 Å². The van der Waals surface area contributed by atoms with Crippen molar-refractivity contribution in [2.75, 3.05) is 32.7 Å². The minimum Gasteiger partial charge on any atom is -0.497 e. The maximum Gasteiger partial charge on any atom is 0.267 e. The molecular weight excluding hydrogens is 382 g/mol. The Hall–Kier alpha value is -3.37. The third-order valence-corrected chi connectivity index (χ3v) is 3.83. The molecule has 2 rings (SSSR count). The quantitative estimate of drug-likeness (QED) is 0.380. The maximum absolute atomic E-state index is 12.3. The average Bonchev–Trinajstić information content (AvgIpc) is 2.71. The van der Waals surface area contributed by atoms with Crippen LogP contribution in [-0.2, 0) is 4.79 Å². The van der Waals surface area contributed by atoms with Crippen molar-refractivity contribution < 1.29 is 19.0 Å². The molecule has 0 bridgehead atoms. The molecule has 1 amide bonds. The first-order valence-corrected chi connectivity index (χ1v) is 8.70. The number of hydrogen-bond acceptors (Lipinski definition) is 6. The fourth-order valence-electron chi connectivity index (χ4n) is 2.19. The summed E-state index contributed by atoms with van der Waals surface area (Å²) in [6, 6.07) is 13.8. The van der Waals surface area contributed by atoms with Gasteiger partial charge in [-0.3, -0.25) is 4.79 Å². The zero-order valence-corrected chi connectivity index (χ0v) is 16.2. The number of hydrogen-bond donors (Lipinski definition) is 2. The van der Waals surface area contributed by atoms with Crippen LogP contribution in [0.15, 0.2) is 54.2 Å². The molecule has 0 heterocycles. The molecule has 7 nitrogen and oxygen atoms in total. The largest absolute Gasteiger partial charge is 0.497 e. The molecule has 0 aromatic heterocycles. The predicted molar refractivity (Wildman–Crippen MR) is 107 cm³/mol. The van der Waals surface area contributed by atoms with Crippen LogP contribution in [0.3, 0.4) is 0 Å². The lowest BCUT2D eigenvalue weighted by atomic mass is 10.2. The lowest BCUT2D eigenvalue weighted by Gasteiger charge is -2.10. The summed E-state index contributed by atoms with van der Waals surface area (Å²) in [5.74, 6) is 1.30. The Kier molecular flexibility index (Phi) is 8.00. The zero-order valence-electron chi connectivity index (χ0n) is 15.5. The minimum absolute atomic E-state index is 0.0912. The first-order chi connectivity index (χ1) is 13.6. The van der Waals surface area contributed by atoms with Crippen LogP contribution in [-0.4, -0.2) is 33.3 Å². The van der Waals surface area contributed by atoms with Crippen LogP contribution in [0.25, 0.3) is 0 Å². The zero-order chi connectivity index (χ0) is 20.4. The molecule has 28 heavy (non-hydrogen) atoms. The number of nitrogens with one attached hydrogen (secondary N) is 2. The van der Waals surface area contributed by atoms with Crippen molar-refractivity contribution in [2.45, 2.75) is 0 Å². The Morgan fingerprint density at radius 1 is 1.14 bits per heavy atom. The summed E-state index contributed by atoms with van der Waals surface area (Å²) in [4.78, 5) is 12.3. The molecule has 2 N–H and O–H groups in total. The SMILES string of the molecule is COc1ccc(OCCN/C=C(/C#N)C(=O)Nc2cc(Cl)ccc2OC)cc1. The standard InChI is InChI=1S/C20H20ClN3O4/c1-26-16-4-6-17(7-5-16)28-10-9-23-13-14(12-22)20(25)24-18-11-15(21)3-8-19(18)27-2/h3-8,11,13,23H,9-10H2,1-2H3,(H,24,25)/b14-13-. The van der Waals surface area contributed by atoms with Crippen molar-refractivity contribution in [1.82, 2.24) is 5.32 Å². The summed E-state index contributed by atoms with van der Waals surface area (Å²) < 4.78 is 15.8. The van der Waals surface area contributed by atoms with Gasteiger partial charge in [0.15, 0.2) is 0 Å². The maximum atomic E-state index is 12.3. The number of methoxy groups -OCH3 is 2. The lowest BCUT2D eigenvalue weighted by Crippen LogP contribution is -2.20. The molecule has 146 valence electrons. The molecule has 0 unspecified atom stereocenters. The molecule has 0 saturated heterocycles. The first kappa shape index (κ1) is 20.9. The van der Waals surface area contributed by atoms with E-state index in [9.17, 15) is 10.1 Å². The first-order valence-electron chi connectivity index (χ1n) is 8.32. The number of anilines is 1. The number of halogens is 1. The molecule has 0 aliphatic heterocycles. The molecule has 0 saturated carbocycles. The van der Waals surface area contributed by atoms with Crippen LogP contribution in [0.2, 0.25) is 5.02 Å². The second-order valence-electron chi connectivity index (χ2n) is 5.45. The number of nitriles is 1. The molecule has 2 aromatic rings. The van der Waals surface area contributed by atoms with Crippen LogP contribution < -0.4 is 24.8 Å². The van der Waals surface area contributed by atoms with Crippen molar-refractivity contribution in [3.05, 3.63) is 59.3 Å².